The van der Waals surface area contributed by atoms with Gasteiger partial charge in [-0.05, 0) is 20.8 Å². The van der Waals surface area contributed by atoms with E-state index in [2.05, 4.69) is 9.97 Å². The predicted molar refractivity (Wildman–Crippen MR) is 64.0 cm³/mol. The molecule has 0 N–H and O–H groups in total. The quantitative estimate of drug-likeness (QED) is 0.655. The van der Waals surface area contributed by atoms with Gasteiger partial charge in [-0.25, -0.2) is 9.97 Å². The van der Waals surface area contributed by atoms with Crippen molar-refractivity contribution in [1.82, 2.24) is 19.1 Å². The maximum atomic E-state index is 12.3. The van der Waals surface area contributed by atoms with Gasteiger partial charge in [-0.3, -0.25) is 14.2 Å². The molecule has 2 aromatic heterocycles. The third kappa shape index (κ3) is 1.75. The zero-order valence-electron chi connectivity index (χ0n) is 10.3. The zero-order valence-corrected chi connectivity index (χ0v) is 10.3. The lowest BCUT2D eigenvalue weighted by Gasteiger charge is -2.21. The van der Waals surface area contributed by atoms with Gasteiger partial charge in [0.1, 0.15) is 6.33 Å². The minimum atomic E-state index is -0.385. The van der Waals surface area contributed by atoms with Crippen LogP contribution in [0.5, 0.6) is 0 Å². The average Bonchev–Trinajstić information content (AvgIpc) is 2.22. The molecule has 2 heterocycles. The summed E-state index contributed by atoms with van der Waals surface area (Å²) in [6, 6.07) is 0. The van der Waals surface area contributed by atoms with Crippen molar-refractivity contribution in [1.29, 1.82) is 0 Å². The van der Waals surface area contributed by atoms with Crippen molar-refractivity contribution < 1.29 is 0 Å². The third-order valence-electron chi connectivity index (χ3n) is 2.61. The molecule has 0 fully saturated rings. The summed E-state index contributed by atoms with van der Waals surface area (Å²) < 4.78 is 2.77. The molecular formula is C11H14N4O2. The van der Waals surface area contributed by atoms with Crippen molar-refractivity contribution in [3.8, 4) is 0 Å². The Morgan fingerprint density at radius 1 is 1.18 bits per heavy atom. The monoisotopic (exact) mass is 234 g/mol. The lowest BCUT2D eigenvalue weighted by Crippen LogP contribution is -2.36. The second-order valence-corrected chi connectivity index (χ2v) is 4.92. The Bertz CT molecular complexity index is 691. The van der Waals surface area contributed by atoms with Gasteiger partial charge in [0.15, 0.2) is 11.2 Å². The predicted octanol–water partition coefficient (Wildman–Crippen LogP) is 0.245. The fourth-order valence-corrected chi connectivity index (χ4v) is 1.61. The van der Waals surface area contributed by atoms with E-state index in [4.69, 9.17) is 0 Å². The summed E-state index contributed by atoms with van der Waals surface area (Å²) in [4.78, 5) is 31.7. The molecule has 17 heavy (non-hydrogen) atoms. The molecule has 0 radical (unpaired) electrons. The van der Waals surface area contributed by atoms with Crippen LogP contribution in [0.4, 0.5) is 0 Å². The second-order valence-electron chi connectivity index (χ2n) is 4.92. The molecule has 0 saturated carbocycles. The molecule has 0 spiro atoms. The number of hydrogen-bond donors (Lipinski definition) is 0. The Balaban J connectivity index is 2.98. The van der Waals surface area contributed by atoms with Gasteiger partial charge in [0.25, 0.3) is 11.1 Å². The van der Waals surface area contributed by atoms with Crippen LogP contribution in [0.3, 0.4) is 0 Å². The van der Waals surface area contributed by atoms with Gasteiger partial charge in [-0.15, -0.1) is 0 Å². The van der Waals surface area contributed by atoms with Crippen molar-refractivity contribution in [2.24, 2.45) is 7.05 Å². The average molecular weight is 234 g/mol. The standard InChI is InChI=1S/C11H14N4O2/c1-11(2,3)15-6-13-9-8(10(15)17)14(4)7(16)5-12-9/h5-6H,1-4H3. The summed E-state index contributed by atoms with van der Waals surface area (Å²) in [6.45, 7) is 5.70. The summed E-state index contributed by atoms with van der Waals surface area (Å²) in [5.41, 5.74) is -0.435. The number of rotatable bonds is 0. The van der Waals surface area contributed by atoms with Gasteiger partial charge in [0, 0.05) is 12.6 Å². The normalized spacial score (nSPS) is 12.0. The highest BCUT2D eigenvalue weighted by Crippen LogP contribution is 2.10. The van der Waals surface area contributed by atoms with Crippen LogP contribution in [0.25, 0.3) is 11.2 Å². The first-order valence-corrected chi connectivity index (χ1v) is 5.26. The van der Waals surface area contributed by atoms with Crippen LogP contribution in [0, 0.1) is 0 Å². The summed E-state index contributed by atoms with van der Waals surface area (Å²) >= 11 is 0. The molecular weight excluding hydrogens is 220 g/mol. The fraction of sp³-hybridized carbons (Fsp3) is 0.455. The number of aryl methyl sites for hydroxylation is 1. The van der Waals surface area contributed by atoms with E-state index in [1.54, 1.807) is 7.05 Å². The minimum Gasteiger partial charge on any atom is -0.303 e. The van der Waals surface area contributed by atoms with Gasteiger partial charge < -0.3 is 4.57 Å². The Morgan fingerprint density at radius 3 is 2.41 bits per heavy atom. The van der Waals surface area contributed by atoms with Crippen LogP contribution < -0.4 is 11.1 Å². The summed E-state index contributed by atoms with van der Waals surface area (Å²) in [5.74, 6) is 0. The molecule has 2 aromatic rings. The van der Waals surface area contributed by atoms with Crippen molar-refractivity contribution in [3.05, 3.63) is 33.2 Å². The smallest absolute Gasteiger partial charge is 0.280 e. The maximum Gasteiger partial charge on any atom is 0.280 e. The van der Waals surface area contributed by atoms with Gasteiger partial charge in [0.05, 0.1) is 6.20 Å². The molecule has 0 atom stereocenters. The molecule has 6 heteroatoms. The SMILES string of the molecule is Cn1c(=O)cnc2ncn(C(C)(C)C)c(=O)c21. The Kier molecular flexibility index (Phi) is 2.38. The Labute approximate surface area is 97.6 Å². The third-order valence-corrected chi connectivity index (χ3v) is 2.61. The van der Waals surface area contributed by atoms with Crippen LogP contribution in [-0.2, 0) is 12.6 Å². The Morgan fingerprint density at radius 2 is 1.82 bits per heavy atom. The van der Waals surface area contributed by atoms with Gasteiger partial charge in [-0.1, -0.05) is 0 Å². The van der Waals surface area contributed by atoms with Crippen molar-refractivity contribution in [2.75, 3.05) is 0 Å². The summed E-state index contributed by atoms with van der Waals surface area (Å²) in [5, 5.41) is 0. The van der Waals surface area contributed by atoms with E-state index in [1.807, 2.05) is 20.8 Å². The molecule has 0 amide bonds. The first-order valence-electron chi connectivity index (χ1n) is 5.26. The fourth-order valence-electron chi connectivity index (χ4n) is 1.61. The zero-order chi connectivity index (χ0) is 12.8. The molecule has 6 nitrogen and oxygen atoms in total. The van der Waals surface area contributed by atoms with Crippen molar-refractivity contribution in [2.45, 2.75) is 26.3 Å². The van der Waals surface area contributed by atoms with E-state index in [1.165, 1.54) is 15.5 Å². The lowest BCUT2D eigenvalue weighted by molar-refractivity contribution is 0.380. The van der Waals surface area contributed by atoms with Gasteiger partial charge in [0.2, 0.25) is 0 Å². The largest absolute Gasteiger partial charge is 0.303 e. The number of nitrogens with zero attached hydrogens (tertiary/aromatic N) is 4. The molecule has 0 aliphatic rings. The highest BCUT2D eigenvalue weighted by molar-refractivity contribution is 5.68. The highest BCUT2D eigenvalue weighted by atomic mass is 16.1. The molecule has 0 aliphatic carbocycles. The molecule has 2 rings (SSSR count). The lowest BCUT2D eigenvalue weighted by atomic mass is 10.1. The second kappa shape index (κ2) is 3.51. The first kappa shape index (κ1) is 11.5. The van der Waals surface area contributed by atoms with Crippen LogP contribution in [0.1, 0.15) is 20.8 Å². The van der Waals surface area contributed by atoms with E-state index in [0.29, 0.717) is 0 Å². The van der Waals surface area contributed by atoms with E-state index in [9.17, 15) is 9.59 Å². The van der Waals surface area contributed by atoms with Gasteiger partial charge in [-0.2, -0.15) is 0 Å². The van der Waals surface area contributed by atoms with Crippen molar-refractivity contribution >= 4 is 11.2 Å². The molecule has 0 unspecified atom stereocenters. The maximum absolute atomic E-state index is 12.3. The van der Waals surface area contributed by atoms with Gasteiger partial charge >= 0.3 is 0 Å². The van der Waals surface area contributed by atoms with Crippen LogP contribution in [0.2, 0.25) is 0 Å². The molecule has 0 aliphatic heterocycles. The molecule has 0 saturated heterocycles. The number of hydrogen-bond acceptors (Lipinski definition) is 4. The first-order chi connectivity index (χ1) is 7.82. The van der Waals surface area contributed by atoms with E-state index < -0.39 is 0 Å². The highest BCUT2D eigenvalue weighted by Gasteiger charge is 2.18. The van der Waals surface area contributed by atoms with Crippen LogP contribution in [-0.4, -0.2) is 19.1 Å². The summed E-state index contributed by atoms with van der Waals surface area (Å²) in [7, 11) is 1.54. The Hall–Kier alpha value is -1.98. The molecule has 90 valence electrons. The molecule has 0 bridgehead atoms. The number of fused-ring (bicyclic) bond motifs is 1. The van der Waals surface area contributed by atoms with E-state index >= 15 is 0 Å². The minimum absolute atomic E-state index is 0.231. The van der Waals surface area contributed by atoms with Crippen molar-refractivity contribution in [3.63, 3.8) is 0 Å². The van der Waals surface area contributed by atoms with E-state index in [-0.39, 0.29) is 27.8 Å². The van der Waals surface area contributed by atoms with E-state index in [0.717, 1.165) is 6.20 Å². The summed E-state index contributed by atoms with van der Waals surface area (Å²) in [6.07, 6.45) is 2.62. The van der Waals surface area contributed by atoms with Crippen LogP contribution in [0.15, 0.2) is 22.1 Å². The van der Waals surface area contributed by atoms with Crippen LogP contribution >= 0.6 is 0 Å². The molecule has 0 aromatic carbocycles. The number of aromatic nitrogens is 4. The topological polar surface area (TPSA) is 69.8 Å².